The van der Waals surface area contributed by atoms with Gasteiger partial charge < -0.3 is 30.9 Å². The fourth-order valence-electron chi connectivity index (χ4n) is 3.72. The molecule has 0 saturated carbocycles. The second kappa shape index (κ2) is 8.36. The Hall–Kier alpha value is -1.65. The highest BCUT2D eigenvalue weighted by Gasteiger charge is 2.37. The highest BCUT2D eigenvalue weighted by atomic mass is 16.5. The lowest BCUT2D eigenvalue weighted by Crippen LogP contribution is -2.55. The minimum atomic E-state index is -1.68. The van der Waals surface area contributed by atoms with Crippen LogP contribution in [0.5, 0.6) is 5.75 Å². The van der Waals surface area contributed by atoms with E-state index in [0.717, 1.165) is 25.9 Å². The zero-order valence-corrected chi connectivity index (χ0v) is 14.7. The number of piperidine rings is 1. The van der Waals surface area contributed by atoms with Crippen LogP contribution in [0, 0.1) is 5.92 Å². The van der Waals surface area contributed by atoms with Crippen molar-refractivity contribution in [2.75, 3.05) is 26.2 Å². The molecule has 3 rings (SSSR count). The van der Waals surface area contributed by atoms with E-state index in [9.17, 15) is 20.0 Å². The summed E-state index contributed by atoms with van der Waals surface area (Å²) in [7, 11) is -1.25. The van der Waals surface area contributed by atoms with Crippen molar-refractivity contribution in [3.8, 4) is 5.75 Å². The maximum Gasteiger partial charge on any atom is 0.547 e. The van der Waals surface area contributed by atoms with Crippen LogP contribution in [-0.4, -0.2) is 65.3 Å². The number of amides is 1. The molecule has 6 N–H and O–H groups in total. The molecule has 2 aliphatic heterocycles. The summed E-state index contributed by atoms with van der Waals surface area (Å²) in [5.41, 5.74) is 6.65. The quantitative estimate of drug-likeness (QED) is 0.328. The second-order valence-corrected chi connectivity index (χ2v) is 7.07. The Kier molecular flexibility index (Phi) is 6.15. The van der Waals surface area contributed by atoms with Crippen LogP contribution in [0.1, 0.15) is 30.3 Å². The maximum absolute atomic E-state index is 12.4. The lowest BCUT2D eigenvalue weighted by atomic mass is 9.72. The molecular weight excluding hydrogens is 337 g/mol. The van der Waals surface area contributed by atoms with Crippen LogP contribution in [0.15, 0.2) is 18.2 Å². The van der Waals surface area contributed by atoms with Crippen LogP contribution in [0.3, 0.4) is 0 Å². The third kappa shape index (κ3) is 4.36. The van der Waals surface area contributed by atoms with Crippen molar-refractivity contribution in [1.29, 1.82) is 0 Å². The fraction of sp³-hybridized carbons (Fsp3) is 0.588. The van der Waals surface area contributed by atoms with Crippen molar-refractivity contribution in [3.63, 3.8) is 0 Å². The number of aliphatic hydroxyl groups excluding tert-OH is 1. The summed E-state index contributed by atoms with van der Waals surface area (Å²) < 4.78 is 5.45. The van der Waals surface area contributed by atoms with Gasteiger partial charge in [-0.3, -0.25) is 9.69 Å². The van der Waals surface area contributed by atoms with Gasteiger partial charge in [0, 0.05) is 12.1 Å². The molecule has 0 bridgehead atoms. The third-order valence-electron chi connectivity index (χ3n) is 5.08. The number of nitrogens with zero attached hydrogens (tertiary/aromatic N) is 1. The standard InChI is InChI=1S/C17H26BN3O5/c19-8-11-3-2-6-21(9-11)10-15(22)20-14-7-12-4-1-5-13(17(23)24)16(12)26-18(14)25/h1,4-5,11,14,17,23-25H,2-3,6-10,19H2,(H,20,22)/t11?,14-/m0/s1. The first kappa shape index (κ1) is 19.1. The minimum absolute atomic E-state index is 0.169. The highest BCUT2D eigenvalue weighted by molar-refractivity contribution is 6.46. The van der Waals surface area contributed by atoms with Crippen LogP contribution < -0.4 is 15.7 Å². The van der Waals surface area contributed by atoms with Crippen LogP contribution in [-0.2, 0) is 11.2 Å². The summed E-state index contributed by atoms with van der Waals surface area (Å²) in [6, 6.07) is 5.00. The zero-order chi connectivity index (χ0) is 18.7. The number of nitrogens with two attached hydrogens (primary N) is 1. The van der Waals surface area contributed by atoms with Gasteiger partial charge in [-0.25, -0.2) is 0 Å². The lowest BCUT2D eigenvalue weighted by molar-refractivity contribution is -0.123. The van der Waals surface area contributed by atoms with E-state index in [0.29, 0.717) is 24.4 Å². The number of benzene rings is 1. The molecule has 1 amide bonds. The molecule has 0 aromatic heterocycles. The monoisotopic (exact) mass is 363 g/mol. The molecule has 2 heterocycles. The van der Waals surface area contributed by atoms with Crippen molar-refractivity contribution in [2.45, 2.75) is 31.5 Å². The van der Waals surface area contributed by atoms with Gasteiger partial charge in [-0.1, -0.05) is 18.2 Å². The van der Waals surface area contributed by atoms with E-state index < -0.39 is 19.3 Å². The number of likely N-dealkylation sites (tertiary alicyclic amines) is 1. The van der Waals surface area contributed by atoms with Gasteiger partial charge in [0.25, 0.3) is 0 Å². The summed E-state index contributed by atoms with van der Waals surface area (Å²) in [6.07, 6.45) is 0.801. The molecular formula is C17H26BN3O5. The number of nitrogens with one attached hydrogen (secondary N) is 1. The number of aliphatic hydroxyl groups is 2. The number of carbonyl (C=O) groups excluding carboxylic acids is 1. The SMILES string of the molecule is NCC1CCCN(CC(=O)N[C@H]2Cc3cccc(C(O)O)c3OB2O)C1. The summed E-state index contributed by atoms with van der Waals surface area (Å²) in [4.78, 5) is 14.5. The van der Waals surface area contributed by atoms with Crippen LogP contribution in [0.4, 0.5) is 0 Å². The Balaban J connectivity index is 1.60. The molecule has 1 saturated heterocycles. The number of rotatable bonds is 5. The molecule has 1 aromatic carbocycles. The molecule has 26 heavy (non-hydrogen) atoms. The number of para-hydroxylation sites is 1. The van der Waals surface area contributed by atoms with Gasteiger partial charge in [0.15, 0.2) is 6.29 Å². The Morgan fingerprint density at radius 1 is 1.46 bits per heavy atom. The summed E-state index contributed by atoms with van der Waals surface area (Å²) in [6.45, 7) is 2.58. The van der Waals surface area contributed by atoms with Crippen LogP contribution >= 0.6 is 0 Å². The van der Waals surface area contributed by atoms with Crippen molar-refractivity contribution >= 4 is 13.0 Å². The number of hydrogen-bond acceptors (Lipinski definition) is 7. The van der Waals surface area contributed by atoms with Gasteiger partial charge in [0.1, 0.15) is 5.75 Å². The zero-order valence-electron chi connectivity index (χ0n) is 14.7. The Morgan fingerprint density at radius 2 is 2.27 bits per heavy atom. The third-order valence-corrected chi connectivity index (χ3v) is 5.08. The van der Waals surface area contributed by atoms with Crippen molar-refractivity contribution < 1.29 is 24.7 Å². The molecule has 1 fully saturated rings. The summed E-state index contributed by atoms with van der Waals surface area (Å²) in [5, 5.41) is 31.9. The van der Waals surface area contributed by atoms with Crippen molar-refractivity contribution in [3.05, 3.63) is 29.3 Å². The largest absolute Gasteiger partial charge is 0.547 e. The van der Waals surface area contributed by atoms with E-state index in [1.807, 2.05) is 0 Å². The number of carbonyl (C=O) groups is 1. The van der Waals surface area contributed by atoms with E-state index in [4.69, 9.17) is 10.4 Å². The van der Waals surface area contributed by atoms with E-state index in [1.165, 1.54) is 6.07 Å². The van der Waals surface area contributed by atoms with E-state index in [1.54, 1.807) is 12.1 Å². The molecule has 142 valence electrons. The molecule has 8 nitrogen and oxygen atoms in total. The highest BCUT2D eigenvalue weighted by Crippen LogP contribution is 2.32. The normalized spacial score (nSPS) is 23.5. The molecule has 0 spiro atoms. The van der Waals surface area contributed by atoms with Crippen LogP contribution in [0.25, 0.3) is 0 Å². The van der Waals surface area contributed by atoms with Crippen molar-refractivity contribution in [1.82, 2.24) is 10.2 Å². The van der Waals surface area contributed by atoms with Gasteiger partial charge in [-0.05, 0) is 43.8 Å². The summed E-state index contributed by atoms with van der Waals surface area (Å²) in [5.74, 6) is -0.0639. The predicted molar refractivity (Wildman–Crippen MR) is 96.1 cm³/mol. The van der Waals surface area contributed by atoms with E-state index >= 15 is 0 Å². The Labute approximate surface area is 153 Å². The first-order valence-electron chi connectivity index (χ1n) is 9.02. The molecule has 1 unspecified atom stereocenters. The van der Waals surface area contributed by atoms with Gasteiger partial charge in [0.05, 0.1) is 12.5 Å². The maximum atomic E-state index is 12.4. The molecule has 1 aromatic rings. The number of hydrogen-bond donors (Lipinski definition) is 5. The number of fused-ring (bicyclic) bond motifs is 1. The topological polar surface area (TPSA) is 128 Å². The molecule has 2 atom stereocenters. The predicted octanol–water partition coefficient (Wildman–Crippen LogP) is -1.22. The fourth-order valence-corrected chi connectivity index (χ4v) is 3.72. The molecule has 9 heteroatoms. The molecule has 0 aliphatic carbocycles. The van der Waals surface area contributed by atoms with Gasteiger partial charge >= 0.3 is 7.12 Å². The smallest absolute Gasteiger partial charge is 0.534 e. The average molecular weight is 363 g/mol. The van der Waals surface area contributed by atoms with Gasteiger partial charge in [-0.2, -0.15) is 0 Å². The lowest BCUT2D eigenvalue weighted by Gasteiger charge is -2.33. The van der Waals surface area contributed by atoms with Crippen LogP contribution in [0.2, 0.25) is 0 Å². The Bertz CT molecular complexity index is 645. The van der Waals surface area contributed by atoms with E-state index in [2.05, 4.69) is 10.2 Å². The van der Waals surface area contributed by atoms with Gasteiger partial charge in [0.2, 0.25) is 5.91 Å². The first-order valence-corrected chi connectivity index (χ1v) is 9.02. The van der Waals surface area contributed by atoms with Gasteiger partial charge in [-0.15, -0.1) is 0 Å². The van der Waals surface area contributed by atoms with Crippen molar-refractivity contribution in [2.24, 2.45) is 11.7 Å². The van der Waals surface area contributed by atoms with E-state index in [-0.39, 0.29) is 23.8 Å². The Morgan fingerprint density at radius 3 is 3.00 bits per heavy atom. The molecule has 2 aliphatic rings. The first-order chi connectivity index (χ1) is 12.5. The minimum Gasteiger partial charge on any atom is -0.534 e. The average Bonchev–Trinajstić information content (AvgIpc) is 2.61. The molecule has 0 radical (unpaired) electrons. The summed E-state index contributed by atoms with van der Waals surface area (Å²) >= 11 is 0. The second-order valence-electron chi connectivity index (χ2n) is 7.07.